The van der Waals surface area contributed by atoms with Gasteiger partial charge in [-0.2, -0.15) is 0 Å². The number of amides is 1. The van der Waals surface area contributed by atoms with Gasteiger partial charge in [-0.15, -0.1) is 0 Å². The molecule has 0 fully saturated rings. The first-order chi connectivity index (χ1) is 13.1. The van der Waals surface area contributed by atoms with Crippen LogP contribution in [0.5, 0.6) is 0 Å². The van der Waals surface area contributed by atoms with Gasteiger partial charge in [-0.3, -0.25) is 9.20 Å². The van der Waals surface area contributed by atoms with Crippen LogP contribution in [0.4, 0.5) is 5.69 Å². The van der Waals surface area contributed by atoms with Crippen molar-refractivity contribution < 1.29 is 4.79 Å². The van der Waals surface area contributed by atoms with Gasteiger partial charge in [0, 0.05) is 11.8 Å². The molecule has 2 aromatic heterocycles. The summed E-state index contributed by atoms with van der Waals surface area (Å²) < 4.78 is 2.67. The highest BCUT2D eigenvalue weighted by Gasteiger charge is 2.18. The minimum Gasteiger partial charge on any atom is -0.319 e. The Kier molecular flexibility index (Phi) is 4.91. The number of nitrogens with zero attached hydrogens (tertiary/aromatic N) is 2. The zero-order valence-corrected chi connectivity index (χ0v) is 16.9. The van der Waals surface area contributed by atoms with Crippen molar-refractivity contribution in [2.24, 2.45) is 0 Å². The molecule has 0 aliphatic rings. The molecule has 4 aromatic rings. The van der Waals surface area contributed by atoms with Gasteiger partial charge in [-0.1, -0.05) is 59.6 Å². The van der Waals surface area contributed by atoms with E-state index >= 15 is 0 Å². The maximum Gasteiger partial charge on any atom is 0.258 e. The predicted octanol–water partition coefficient (Wildman–Crippen LogP) is 6.32. The number of anilines is 1. The van der Waals surface area contributed by atoms with E-state index in [0.717, 1.165) is 15.9 Å². The maximum absolute atomic E-state index is 12.7. The first-order valence-corrected chi connectivity index (χ1v) is 9.58. The van der Waals surface area contributed by atoms with E-state index in [0.29, 0.717) is 21.4 Å². The number of hydrogen-bond donors (Lipinski definition) is 1. The van der Waals surface area contributed by atoms with Gasteiger partial charge in [-0.25, -0.2) is 4.98 Å². The van der Waals surface area contributed by atoms with E-state index in [1.54, 1.807) is 24.3 Å². The molecule has 4 rings (SSSR count). The van der Waals surface area contributed by atoms with Gasteiger partial charge < -0.3 is 5.32 Å². The average molecular weight is 461 g/mol. The van der Waals surface area contributed by atoms with Gasteiger partial charge in [0.25, 0.3) is 5.91 Å². The van der Waals surface area contributed by atoms with E-state index < -0.39 is 0 Å². The Morgan fingerprint density at radius 3 is 2.37 bits per heavy atom. The third-order valence-electron chi connectivity index (χ3n) is 4.08. The lowest BCUT2D eigenvalue weighted by molar-refractivity contribution is 0.102. The summed E-state index contributed by atoms with van der Waals surface area (Å²) in [7, 11) is 0. The molecule has 0 saturated carbocycles. The highest BCUT2D eigenvalue weighted by Crippen LogP contribution is 2.32. The van der Waals surface area contributed by atoms with E-state index in [4.69, 9.17) is 28.2 Å². The Hall–Kier alpha value is -2.34. The number of aromatic nitrogens is 2. The quantitative estimate of drug-likeness (QED) is 0.388. The number of benzene rings is 2. The average Bonchev–Trinajstić information content (AvgIpc) is 3.00. The summed E-state index contributed by atoms with van der Waals surface area (Å²) in [6.07, 6.45) is 1.87. The fraction of sp³-hybridized carbons (Fsp3) is 0. The molecular weight excluding hydrogens is 449 g/mol. The molecule has 1 amide bonds. The van der Waals surface area contributed by atoms with Crippen LogP contribution in [-0.2, 0) is 0 Å². The third-order valence-corrected chi connectivity index (χ3v) is 5.46. The van der Waals surface area contributed by atoms with Gasteiger partial charge in [0.1, 0.15) is 10.3 Å². The minimum absolute atomic E-state index is 0.233. The van der Waals surface area contributed by atoms with Crippen LogP contribution in [0.15, 0.2) is 71.5 Å². The number of carbonyl (C=O) groups excluding carboxylic acids is 1. The minimum atomic E-state index is -0.390. The Morgan fingerprint density at radius 2 is 1.67 bits per heavy atom. The SMILES string of the molecule is O=C(Nc1cccn2c(Br)c(-c3ccccc3)nc12)c1c(Cl)cccc1Cl. The summed E-state index contributed by atoms with van der Waals surface area (Å²) in [5.41, 5.74) is 3.16. The summed E-state index contributed by atoms with van der Waals surface area (Å²) in [6, 6.07) is 18.4. The molecule has 0 spiro atoms. The molecule has 0 unspecified atom stereocenters. The molecule has 0 saturated heterocycles. The normalized spacial score (nSPS) is 10.9. The van der Waals surface area contributed by atoms with Gasteiger partial charge in [0.05, 0.1) is 21.3 Å². The number of fused-ring (bicyclic) bond motifs is 1. The molecule has 0 radical (unpaired) electrons. The summed E-state index contributed by atoms with van der Waals surface area (Å²) in [4.78, 5) is 17.4. The predicted molar refractivity (Wildman–Crippen MR) is 113 cm³/mol. The molecule has 1 N–H and O–H groups in total. The lowest BCUT2D eigenvalue weighted by atomic mass is 10.2. The van der Waals surface area contributed by atoms with E-state index in [1.165, 1.54) is 0 Å². The van der Waals surface area contributed by atoms with Crippen molar-refractivity contribution in [2.75, 3.05) is 5.32 Å². The van der Waals surface area contributed by atoms with Crippen molar-refractivity contribution >= 4 is 56.4 Å². The second-order valence-electron chi connectivity index (χ2n) is 5.78. The van der Waals surface area contributed by atoms with Crippen molar-refractivity contribution in [2.45, 2.75) is 0 Å². The van der Waals surface area contributed by atoms with Gasteiger partial charge in [0.2, 0.25) is 0 Å². The van der Waals surface area contributed by atoms with Gasteiger partial charge >= 0.3 is 0 Å². The standard InChI is InChI=1S/C20H12BrCl2N3O/c21-18-17(12-6-2-1-3-7-12)25-19-15(10-5-11-26(18)19)24-20(27)16-13(22)8-4-9-14(16)23/h1-11H,(H,24,27). The molecule has 0 bridgehead atoms. The fourth-order valence-electron chi connectivity index (χ4n) is 2.82. The molecular formula is C20H12BrCl2N3O. The topological polar surface area (TPSA) is 46.4 Å². The Labute approximate surface area is 173 Å². The number of pyridine rings is 1. The number of rotatable bonds is 3. The maximum atomic E-state index is 12.7. The van der Waals surface area contributed by atoms with E-state index in [-0.39, 0.29) is 11.5 Å². The molecule has 134 valence electrons. The van der Waals surface area contributed by atoms with E-state index in [2.05, 4.69) is 21.2 Å². The van der Waals surface area contributed by atoms with Gasteiger partial charge in [-0.05, 0) is 40.2 Å². The summed E-state index contributed by atoms with van der Waals surface area (Å²) in [6.45, 7) is 0. The van der Waals surface area contributed by atoms with Crippen LogP contribution in [0.2, 0.25) is 10.0 Å². The second kappa shape index (κ2) is 7.35. The molecule has 2 heterocycles. The van der Waals surface area contributed by atoms with Crippen molar-refractivity contribution in [1.29, 1.82) is 0 Å². The fourth-order valence-corrected chi connectivity index (χ4v) is 3.99. The van der Waals surface area contributed by atoms with Crippen molar-refractivity contribution in [1.82, 2.24) is 9.38 Å². The van der Waals surface area contributed by atoms with Crippen LogP contribution in [0.25, 0.3) is 16.9 Å². The molecule has 2 aromatic carbocycles. The zero-order chi connectivity index (χ0) is 19.0. The van der Waals surface area contributed by atoms with Crippen LogP contribution in [0.3, 0.4) is 0 Å². The Bertz CT molecular complexity index is 1140. The van der Waals surface area contributed by atoms with E-state index in [1.807, 2.05) is 47.0 Å². The van der Waals surface area contributed by atoms with Crippen LogP contribution < -0.4 is 5.32 Å². The van der Waals surface area contributed by atoms with Crippen molar-refractivity contribution in [3.63, 3.8) is 0 Å². The highest BCUT2D eigenvalue weighted by atomic mass is 79.9. The molecule has 27 heavy (non-hydrogen) atoms. The van der Waals surface area contributed by atoms with Crippen LogP contribution in [0, 0.1) is 0 Å². The van der Waals surface area contributed by atoms with Gasteiger partial charge in [0.15, 0.2) is 5.65 Å². The van der Waals surface area contributed by atoms with Crippen molar-refractivity contribution in [3.8, 4) is 11.3 Å². The third kappa shape index (κ3) is 3.34. The number of carbonyl (C=O) groups is 1. The number of hydrogen-bond acceptors (Lipinski definition) is 2. The second-order valence-corrected chi connectivity index (χ2v) is 7.35. The van der Waals surface area contributed by atoms with E-state index in [9.17, 15) is 4.79 Å². The first kappa shape index (κ1) is 18.0. The largest absolute Gasteiger partial charge is 0.319 e. The smallest absolute Gasteiger partial charge is 0.258 e. The summed E-state index contributed by atoms with van der Waals surface area (Å²) >= 11 is 15.9. The number of nitrogens with one attached hydrogen (secondary N) is 1. The summed E-state index contributed by atoms with van der Waals surface area (Å²) in [5.74, 6) is -0.390. The van der Waals surface area contributed by atoms with Crippen LogP contribution in [0.1, 0.15) is 10.4 Å². The summed E-state index contributed by atoms with van der Waals surface area (Å²) in [5, 5.41) is 3.45. The monoisotopic (exact) mass is 459 g/mol. The number of imidazole rings is 1. The molecule has 0 aliphatic heterocycles. The molecule has 0 atom stereocenters. The lowest BCUT2D eigenvalue weighted by Crippen LogP contribution is -2.14. The Morgan fingerprint density at radius 1 is 0.963 bits per heavy atom. The molecule has 7 heteroatoms. The van der Waals surface area contributed by atoms with Crippen LogP contribution >= 0.6 is 39.1 Å². The highest BCUT2D eigenvalue weighted by molar-refractivity contribution is 9.10. The molecule has 4 nitrogen and oxygen atoms in total. The zero-order valence-electron chi connectivity index (χ0n) is 13.8. The Balaban J connectivity index is 1.78. The van der Waals surface area contributed by atoms with Crippen LogP contribution in [-0.4, -0.2) is 15.3 Å². The number of halogens is 3. The lowest BCUT2D eigenvalue weighted by Gasteiger charge is -2.09. The first-order valence-electron chi connectivity index (χ1n) is 8.03. The molecule has 0 aliphatic carbocycles. The van der Waals surface area contributed by atoms with Crippen molar-refractivity contribution in [3.05, 3.63) is 87.1 Å².